The highest BCUT2D eigenvalue weighted by Gasteiger charge is 2.52. The summed E-state index contributed by atoms with van der Waals surface area (Å²) in [5, 5.41) is 82.9. The predicted octanol–water partition coefficient (Wildman–Crippen LogP) is 20.5. The van der Waals surface area contributed by atoms with Gasteiger partial charge in [-0.3, -0.25) is 24.0 Å². The molecule has 1 unspecified atom stereocenters. The molecule has 21 heteroatoms. The van der Waals surface area contributed by atoms with Crippen molar-refractivity contribution in [1.82, 2.24) is 10.6 Å². The van der Waals surface area contributed by atoms with E-state index < -0.39 is 148 Å². The highest BCUT2D eigenvalue weighted by Crippen LogP contribution is 2.30. The molecule has 0 aromatic carbocycles. The zero-order valence-electron chi connectivity index (χ0n) is 75.3. The van der Waals surface area contributed by atoms with Crippen LogP contribution in [-0.2, 0) is 57.2 Å². The second-order valence-electron chi connectivity index (χ2n) is 35.4. The van der Waals surface area contributed by atoms with Crippen LogP contribution in [0, 0.1) is 0 Å². The molecule has 117 heavy (non-hydrogen) atoms. The van der Waals surface area contributed by atoms with Gasteiger partial charge in [0.1, 0.15) is 30.5 Å². The number of carbonyl (C=O) groups excluding carboxylic acids is 6. The fraction of sp³-hybridized carbons (Fsp3) is 0.938. The number of ether oxygens (including phenoxy) is 6. The number of nitrogens with one attached hydrogen (secondary N) is 2. The first-order valence-electron chi connectivity index (χ1n) is 49.2. The van der Waals surface area contributed by atoms with Crippen LogP contribution in [0.25, 0.3) is 0 Å². The van der Waals surface area contributed by atoms with Gasteiger partial charge in [-0.2, -0.15) is 0 Å². The molecule has 0 radical (unpaired) electrons. The van der Waals surface area contributed by atoms with Gasteiger partial charge in [0.15, 0.2) is 30.6 Å². The van der Waals surface area contributed by atoms with Crippen LogP contribution in [0.15, 0.2) is 0 Å². The van der Waals surface area contributed by atoms with Crippen molar-refractivity contribution in [2.45, 2.75) is 563 Å². The van der Waals surface area contributed by atoms with Crippen LogP contribution in [0.1, 0.15) is 478 Å². The van der Waals surface area contributed by atoms with E-state index in [1.807, 2.05) is 6.92 Å². The molecule has 0 spiro atoms. The fourth-order valence-corrected chi connectivity index (χ4v) is 16.6. The van der Waals surface area contributed by atoms with Crippen LogP contribution in [0.4, 0.5) is 0 Å². The lowest BCUT2D eigenvalue weighted by Gasteiger charge is -2.44. The Labute approximate surface area is 712 Å². The molecule has 21 nitrogen and oxygen atoms in total. The topological polar surface area (TPSA) is 323 Å². The molecule has 2 aliphatic heterocycles. The fourth-order valence-electron chi connectivity index (χ4n) is 16.6. The third-order valence-electron chi connectivity index (χ3n) is 24.0. The number of rotatable bonds is 83. The molecule has 688 valence electrons. The van der Waals surface area contributed by atoms with Crippen LogP contribution in [-0.4, -0.2) is 170 Å². The summed E-state index contributed by atoms with van der Waals surface area (Å²) in [6.07, 6.45) is 50.8. The summed E-state index contributed by atoms with van der Waals surface area (Å²) >= 11 is 0. The average molecular weight is 1670 g/mol. The van der Waals surface area contributed by atoms with E-state index in [1.54, 1.807) is 0 Å². The molecule has 2 aliphatic rings. The molecule has 2 amide bonds. The molecule has 0 bridgehead atoms. The van der Waals surface area contributed by atoms with E-state index in [9.17, 15) is 64.5 Å². The van der Waals surface area contributed by atoms with E-state index in [-0.39, 0.29) is 18.9 Å². The summed E-state index contributed by atoms with van der Waals surface area (Å²) < 4.78 is 36.3. The second kappa shape index (κ2) is 76.1. The number of aliphatic hydroxyl groups excluding tert-OH is 7. The van der Waals surface area contributed by atoms with Crippen molar-refractivity contribution in [3.05, 3.63) is 0 Å². The number of hydrogen-bond donors (Lipinski definition) is 9. The minimum atomic E-state index is -1.91. The van der Waals surface area contributed by atoms with Crippen LogP contribution in [0.5, 0.6) is 0 Å². The lowest BCUT2D eigenvalue weighted by Crippen LogP contribution is -2.67. The van der Waals surface area contributed by atoms with E-state index >= 15 is 0 Å². The SMILES string of the molecule is CCCCCCCCCCC[C@@H](O)CC(=O)N[C@H]1C(=O)O[C@H](CO[C@@H]2O[C@H](CO)[C@@H](O)[C@H](OC(=O)C[C@H](O)CCCCCCCCCCC)[C@H]2NC(=O)C[C@@H](CCCCCCCCCCC)OC(=O)CCCCCCCCCCCCCCCCCCCCCCCCCC(C)O)[C@@H](O)[C@@H]1OC(=O)C[C@H](O)CCCCCCCCCCC. The molecule has 2 saturated heterocycles. The average Bonchev–Trinajstić information content (AvgIpc) is 0.787. The molecule has 2 fully saturated rings. The minimum Gasteiger partial charge on any atom is -0.462 e. The van der Waals surface area contributed by atoms with Crippen LogP contribution < -0.4 is 10.6 Å². The van der Waals surface area contributed by atoms with Crippen molar-refractivity contribution in [2.75, 3.05) is 13.2 Å². The first-order valence-corrected chi connectivity index (χ1v) is 49.2. The third-order valence-corrected chi connectivity index (χ3v) is 24.0. The lowest BCUT2D eigenvalue weighted by molar-refractivity contribution is -0.283. The summed E-state index contributed by atoms with van der Waals surface area (Å²) in [6.45, 7) is 9.05. The lowest BCUT2D eigenvalue weighted by atomic mass is 9.95. The number of aliphatic hydroxyl groups is 7. The maximum atomic E-state index is 14.7. The Morgan fingerprint density at radius 1 is 0.368 bits per heavy atom. The highest BCUT2D eigenvalue weighted by atomic mass is 16.7. The van der Waals surface area contributed by atoms with Crippen molar-refractivity contribution in [3.63, 3.8) is 0 Å². The Balaban J connectivity index is 2.29. The van der Waals surface area contributed by atoms with E-state index in [2.05, 4.69) is 38.3 Å². The maximum absolute atomic E-state index is 14.7. The molecule has 0 saturated carbocycles. The molecular formula is C96H180N2O19. The molecule has 0 aromatic heterocycles. The smallest absolute Gasteiger partial charge is 0.333 e. The van der Waals surface area contributed by atoms with Crippen molar-refractivity contribution < 1.29 is 92.9 Å². The molecule has 2 heterocycles. The van der Waals surface area contributed by atoms with Gasteiger partial charge in [0, 0.05) is 6.42 Å². The predicted molar refractivity (Wildman–Crippen MR) is 468 cm³/mol. The first-order chi connectivity index (χ1) is 56.9. The van der Waals surface area contributed by atoms with E-state index in [0.717, 1.165) is 148 Å². The van der Waals surface area contributed by atoms with Crippen LogP contribution in [0.3, 0.4) is 0 Å². The molecule has 0 aromatic rings. The van der Waals surface area contributed by atoms with Crippen molar-refractivity contribution in [1.29, 1.82) is 0 Å². The van der Waals surface area contributed by atoms with Crippen LogP contribution in [0.2, 0.25) is 0 Å². The normalized spacial score (nSPS) is 20.2. The van der Waals surface area contributed by atoms with Gasteiger partial charge in [-0.05, 0) is 51.9 Å². The molecular weight excluding hydrogens is 1490 g/mol. The number of unbranched alkanes of at least 4 members (excludes halogenated alkanes) is 54. The zero-order chi connectivity index (χ0) is 85.4. The van der Waals surface area contributed by atoms with Crippen molar-refractivity contribution >= 4 is 35.7 Å². The second-order valence-corrected chi connectivity index (χ2v) is 35.4. The van der Waals surface area contributed by atoms with Gasteiger partial charge in [0.05, 0.1) is 63.3 Å². The van der Waals surface area contributed by atoms with Gasteiger partial charge < -0.3 is 74.8 Å². The Bertz CT molecular complexity index is 2350. The van der Waals surface area contributed by atoms with E-state index in [0.29, 0.717) is 57.8 Å². The van der Waals surface area contributed by atoms with Gasteiger partial charge in [0.2, 0.25) is 11.8 Å². The Morgan fingerprint density at radius 3 is 1.03 bits per heavy atom. The number of cyclic esters (lactones) is 1. The Kier molecular flexibility index (Phi) is 71.3. The van der Waals surface area contributed by atoms with Crippen molar-refractivity contribution in [2.24, 2.45) is 0 Å². The number of carbonyl (C=O) groups is 6. The molecule has 2 rings (SSSR count). The summed E-state index contributed by atoms with van der Waals surface area (Å²) in [5.41, 5.74) is 0. The standard InChI is InChI=1S/C96H180N2O19/c1-6-10-14-18-22-41-48-54-60-66-78(101)71-84(104)97-89-93(116-87(107)72-79(102)67-61-55-49-42-23-19-15-11-7-2)92(110)83(114-95(89)111)76-112-96-90(94(91(109)82(75-99)115-96)117-88(108)73-80(103)68-62-56-50-43-24-20-16-12-8-3)98-85(105)74-81(69-63-57-51-44-25-21-17-13-9-4)113-86(106)70-64-58-52-46-40-38-36-34-32-30-28-26-27-29-31-33-35-37-39-45-47-53-59-65-77(5)100/h77-83,89-94,96,99-103,109-110H,6-76H2,1-5H3,(H,97,104)(H,98,105)/t77?,78-,79-,80-,81-,82-,83-,89-,90-,91-,92-,93-,94-,96-/m1/s1. The van der Waals surface area contributed by atoms with Gasteiger partial charge >= 0.3 is 23.9 Å². The monoisotopic (exact) mass is 1670 g/mol. The number of amides is 2. The number of esters is 4. The van der Waals surface area contributed by atoms with Crippen molar-refractivity contribution in [3.8, 4) is 0 Å². The first kappa shape index (κ1) is 110. The van der Waals surface area contributed by atoms with Gasteiger partial charge in [0.25, 0.3) is 0 Å². The Morgan fingerprint density at radius 2 is 0.675 bits per heavy atom. The largest absolute Gasteiger partial charge is 0.462 e. The molecule has 9 N–H and O–H groups in total. The summed E-state index contributed by atoms with van der Waals surface area (Å²) in [4.78, 5) is 84.3. The molecule has 0 aliphatic carbocycles. The van der Waals surface area contributed by atoms with E-state index in [4.69, 9.17) is 28.4 Å². The highest BCUT2D eigenvalue weighted by molar-refractivity contribution is 5.86. The van der Waals surface area contributed by atoms with Gasteiger partial charge in [-0.25, -0.2) is 4.79 Å². The van der Waals surface area contributed by atoms with Gasteiger partial charge in [-0.1, -0.05) is 394 Å². The summed E-state index contributed by atoms with van der Waals surface area (Å²) in [5.74, 6) is -4.86. The third kappa shape index (κ3) is 59.8. The minimum absolute atomic E-state index is 0.166. The zero-order valence-corrected chi connectivity index (χ0v) is 75.3. The number of hydrogen-bond acceptors (Lipinski definition) is 19. The quantitative estimate of drug-likeness (QED) is 0.0155. The Hall–Kier alpha value is -3.54. The summed E-state index contributed by atoms with van der Waals surface area (Å²) in [7, 11) is 0. The maximum Gasteiger partial charge on any atom is 0.333 e. The molecule has 14 atom stereocenters. The summed E-state index contributed by atoms with van der Waals surface area (Å²) in [6, 6.07) is -3.34. The van der Waals surface area contributed by atoms with Crippen LogP contribution >= 0.6 is 0 Å². The van der Waals surface area contributed by atoms with Gasteiger partial charge in [-0.15, -0.1) is 0 Å². The van der Waals surface area contributed by atoms with E-state index in [1.165, 1.54) is 205 Å².